The van der Waals surface area contributed by atoms with E-state index in [9.17, 15) is 0 Å². The Kier molecular flexibility index (Phi) is 6.11. The minimum atomic E-state index is 0.710. The summed E-state index contributed by atoms with van der Waals surface area (Å²) in [5, 5.41) is 0. The first-order valence-corrected chi connectivity index (χ1v) is 7.90. The number of hydrogen-bond acceptors (Lipinski definition) is 5. The zero-order valence-electron chi connectivity index (χ0n) is 13.4. The van der Waals surface area contributed by atoms with Crippen LogP contribution in [0.5, 0.6) is 0 Å². The van der Waals surface area contributed by atoms with E-state index < -0.39 is 0 Å². The van der Waals surface area contributed by atoms with Gasteiger partial charge in [-0.25, -0.2) is 0 Å². The van der Waals surface area contributed by atoms with Crippen molar-refractivity contribution in [3.63, 3.8) is 0 Å². The summed E-state index contributed by atoms with van der Waals surface area (Å²) >= 11 is 0. The Bertz CT molecular complexity index is 547. The maximum absolute atomic E-state index is 5.78. The van der Waals surface area contributed by atoms with Gasteiger partial charge < -0.3 is 27.7 Å². The third-order valence-corrected chi connectivity index (χ3v) is 3.58. The van der Waals surface area contributed by atoms with E-state index in [0.717, 1.165) is 50.0 Å². The minimum absolute atomic E-state index is 0.710. The normalized spacial score (nSPS) is 10.8. The maximum atomic E-state index is 5.78. The van der Waals surface area contributed by atoms with Gasteiger partial charge in [0, 0.05) is 36.0 Å². The molecule has 23 heavy (non-hydrogen) atoms. The van der Waals surface area contributed by atoms with Gasteiger partial charge in [-0.2, -0.15) is 0 Å². The molecule has 124 valence electrons. The molecule has 0 radical (unpaired) electrons. The molecule has 0 aliphatic heterocycles. The monoisotopic (exact) mass is 314 g/mol. The van der Waals surface area contributed by atoms with Gasteiger partial charge in [0.1, 0.15) is 0 Å². The Labute approximate surface area is 137 Å². The van der Waals surface area contributed by atoms with Gasteiger partial charge in [-0.1, -0.05) is 0 Å². The van der Waals surface area contributed by atoms with E-state index in [1.165, 1.54) is 0 Å². The second-order valence-electron chi connectivity index (χ2n) is 5.84. The highest BCUT2D eigenvalue weighted by Gasteiger charge is 1.99. The maximum Gasteiger partial charge on any atom is 0.0469 e. The average molecular weight is 314 g/mol. The van der Waals surface area contributed by atoms with Gasteiger partial charge in [0.05, 0.1) is 0 Å². The van der Waals surface area contributed by atoms with E-state index in [4.69, 9.17) is 27.7 Å². The number of benzene rings is 2. The third-order valence-electron chi connectivity index (χ3n) is 3.58. The van der Waals surface area contributed by atoms with Gasteiger partial charge in [-0.3, -0.25) is 0 Å². The van der Waals surface area contributed by atoms with Crippen LogP contribution in [0.3, 0.4) is 0 Å². The summed E-state index contributed by atoms with van der Waals surface area (Å²) in [7, 11) is 0. The number of hydrogen-bond donors (Lipinski definition) is 4. The largest absolute Gasteiger partial charge is 0.399 e. The molecule has 2 rings (SSSR count). The Morgan fingerprint density at radius 3 is 1.26 bits per heavy atom. The fourth-order valence-corrected chi connectivity index (χ4v) is 2.64. The summed E-state index contributed by atoms with van der Waals surface area (Å²) in [4.78, 5) is 0. The van der Waals surface area contributed by atoms with E-state index in [1.54, 1.807) is 12.1 Å². The van der Waals surface area contributed by atoms with E-state index in [-0.39, 0.29) is 0 Å². The molecule has 0 fully saturated rings. The molecular formula is C18H26N4O. The molecule has 0 amide bonds. The van der Waals surface area contributed by atoms with Crippen LogP contribution in [0, 0.1) is 0 Å². The van der Waals surface area contributed by atoms with Crippen LogP contribution in [0.15, 0.2) is 36.4 Å². The number of ether oxygens (including phenoxy) is 1. The standard InChI is InChI=1S/C18H26N4O/c19-15-7-13(8-16(20)11-15)3-1-5-23-6-2-4-14-9-17(21)12-18(22)10-14/h7-12H,1-6,19-22H2. The Morgan fingerprint density at radius 2 is 0.913 bits per heavy atom. The van der Waals surface area contributed by atoms with Crippen LogP contribution in [0.4, 0.5) is 22.7 Å². The van der Waals surface area contributed by atoms with Crippen molar-refractivity contribution in [1.82, 2.24) is 0 Å². The Hall–Kier alpha value is -2.40. The second kappa shape index (κ2) is 8.29. The first kappa shape index (κ1) is 17.0. The first-order valence-electron chi connectivity index (χ1n) is 7.90. The van der Waals surface area contributed by atoms with Gasteiger partial charge in [0.2, 0.25) is 0 Å². The van der Waals surface area contributed by atoms with E-state index >= 15 is 0 Å². The Morgan fingerprint density at radius 1 is 0.565 bits per heavy atom. The molecule has 0 unspecified atom stereocenters. The van der Waals surface area contributed by atoms with Crippen LogP contribution in [0.25, 0.3) is 0 Å². The lowest BCUT2D eigenvalue weighted by Crippen LogP contribution is -2.01. The summed E-state index contributed by atoms with van der Waals surface area (Å²) < 4.78 is 5.67. The average Bonchev–Trinajstić information content (AvgIpc) is 2.44. The number of anilines is 4. The van der Waals surface area contributed by atoms with Gasteiger partial charge in [0.25, 0.3) is 0 Å². The van der Waals surface area contributed by atoms with Gasteiger partial charge in [-0.05, 0) is 73.2 Å². The molecule has 0 aromatic heterocycles. The third kappa shape index (κ3) is 6.08. The van der Waals surface area contributed by atoms with Crippen LogP contribution in [-0.4, -0.2) is 13.2 Å². The fourth-order valence-electron chi connectivity index (χ4n) is 2.64. The zero-order chi connectivity index (χ0) is 16.7. The van der Waals surface area contributed by atoms with Gasteiger partial charge >= 0.3 is 0 Å². The number of nitrogens with two attached hydrogens (primary N) is 4. The zero-order valence-corrected chi connectivity index (χ0v) is 13.4. The number of aryl methyl sites for hydroxylation is 2. The SMILES string of the molecule is Nc1cc(N)cc(CCCOCCCc2cc(N)cc(N)c2)c1. The van der Waals surface area contributed by atoms with Crippen LogP contribution < -0.4 is 22.9 Å². The molecule has 2 aromatic rings. The van der Waals surface area contributed by atoms with Crippen molar-refractivity contribution in [3.05, 3.63) is 47.5 Å². The van der Waals surface area contributed by atoms with Gasteiger partial charge in [0.15, 0.2) is 0 Å². The van der Waals surface area contributed by atoms with E-state index in [2.05, 4.69) is 0 Å². The summed E-state index contributed by atoms with van der Waals surface area (Å²) in [6.07, 6.45) is 3.74. The molecule has 0 atom stereocenters. The first-order chi connectivity index (χ1) is 11.0. The molecular weight excluding hydrogens is 288 g/mol. The summed E-state index contributed by atoms with van der Waals surface area (Å²) in [5.74, 6) is 0. The highest BCUT2D eigenvalue weighted by atomic mass is 16.5. The van der Waals surface area contributed by atoms with Crippen molar-refractivity contribution in [1.29, 1.82) is 0 Å². The topological polar surface area (TPSA) is 113 Å². The van der Waals surface area contributed by atoms with Crippen molar-refractivity contribution < 1.29 is 4.74 Å². The molecule has 0 saturated carbocycles. The molecule has 0 spiro atoms. The minimum Gasteiger partial charge on any atom is -0.399 e. The molecule has 2 aromatic carbocycles. The van der Waals surface area contributed by atoms with Crippen LogP contribution in [0.2, 0.25) is 0 Å². The quantitative estimate of drug-likeness (QED) is 0.442. The summed E-state index contributed by atoms with van der Waals surface area (Å²) in [5.41, 5.74) is 28.3. The fraction of sp³-hybridized carbons (Fsp3) is 0.333. The van der Waals surface area contributed by atoms with Gasteiger partial charge in [-0.15, -0.1) is 0 Å². The summed E-state index contributed by atoms with van der Waals surface area (Å²) in [6, 6.07) is 11.4. The van der Waals surface area contributed by atoms with E-state index in [0.29, 0.717) is 22.7 Å². The molecule has 0 heterocycles. The molecule has 8 N–H and O–H groups in total. The van der Waals surface area contributed by atoms with Crippen LogP contribution in [-0.2, 0) is 17.6 Å². The lowest BCUT2D eigenvalue weighted by molar-refractivity contribution is 0.130. The number of nitrogen functional groups attached to an aromatic ring is 4. The van der Waals surface area contributed by atoms with Crippen LogP contribution >= 0.6 is 0 Å². The molecule has 5 nitrogen and oxygen atoms in total. The smallest absolute Gasteiger partial charge is 0.0469 e. The predicted octanol–water partition coefficient (Wildman–Crippen LogP) is 2.60. The van der Waals surface area contributed by atoms with Crippen molar-refractivity contribution in [3.8, 4) is 0 Å². The number of rotatable bonds is 8. The van der Waals surface area contributed by atoms with Crippen LogP contribution in [0.1, 0.15) is 24.0 Å². The molecule has 5 heteroatoms. The molecule has 0 saturated heterocycles. The van der Waals surface area contributed by atoms with Crippen molar-refractivity contribution in [2.24, 2.45) is 0 Å². The lowest BCUT2D eigenvalue weighted by Gasteiger charge is -2.07. The highest BCUT2D eigenvalue weighted by molar-refractivity contribution is 5.55. The Balaban J connectivity index is 1.60. The van der Waals surface area contributed by atoms with Crippen molar-refractivity contribution in [2.45, 2.75) is 25.7 Å². The molecule has 0 aliphatic carbocycles. The molecule has 0 bridgehead atoms. The molecule has 0 aliphatic rings. The summed E-state index contributed by atoms with van der Waals surface area (Å²) in [6.45, 7) is 1.46. The second-order valence-corrected chi connectivity index (χ2v) is 5.84. The van der Waals surface area contributed by atoms with E-state index in [1.807, 2.05) is 24.3 Å². The predicted molar refractivity (Wildman–Crippen MR) is 98.0 cm³/mol. The van der Waals surface area contributed by atoms with Crippen molar-refractivity contribution >= 4 is 22.7 Å². The highest BCUT2D eigenvalue weighted by Crippen LogP contribution is 2.16. The lowest BCUT2D eigenvalue weighted by atomic mass is 10.1. The van der Waals surface area contributed by atoms with Crippen molar-refractivity contribution in [2.75, 3.05) is 36.1 Å².